The number of hydrogen-bond acceptors (Lipinski definition) is 6. The van der Waals surface area contributed by atoms with Crippen LogP contribution in [0, 0.1) is 6.92 Å². The van der Waals surface area contributed by atoms with Gasteiger partial charge in [0.2, 0.25) is 5.13 Å². The molecule has 3 heterocycles. The molecule has 0 unspecified atom stereocenters. The maximum Gasteiger partial charge on any atom is 0.269 e. The molecule has 1 amide bonds. The van der Waals surface area contributed by atoms with E-state index in [0.29, 0.717) is 21.4 Å². The Kier molecular flexibility index (Phi) is 5.29. The average Bonchev–Trinajstić information content (AvgIpc) is 3.16. The Morgan fingerprint density at radius 2 is 2.08 bits per heavy atom. The second kappa shape index (κ2) is 7.26. The number of aromatic nitrogens is 3. The Morgan fingerprint density at radius 3 is 2.62 bits per heavy atom. The van der Waals surface area contributed by atoms with Gasteiger partial charge < -0.3 is 20.3 Å². The van der Waals surface area contributed by atoms with Crippen LogP contribution in [0.5, 0.6) is 0 Å². The standard InChI is InChI=1S/C14H17Cl2N5O2S/c1-7-10(15)11(16)12(17-7)13(23)18-8-2-4-21(5-3-8)14-20-19-9(6-22)24-14/h8,17,22H,2-6H2,1H3,(H,18,23). The molecule has 0 aliphatic carbocycles. The van der Waals surface area contributed by atoms with Gasteiger partial charge in [0.15, 0.2) is 0 Å². The molecule has 0 atom stereocenters. The van der Waals surface area contributed by atoms with Crippen molar-refractivity contribution < 1.29 is 9.90 Å². The van der Waals surface area contributed by atoms with E-state index in [4.69, 9.17) is 28.3 Å². The van der Waals surface area contributed by atoms with Crippen molar-refractivity contribution in [2.24, 2.45) is 0 Å². The van der Waals surface area contributed by atoms with E-state index in [1.807, 2.05) is 0 Å². The maximum absolute atomic E-state index is 12.3. The second-order valence-electron chi connectivity index (χ2n) is 5.62. The summed E-state index contributed by atoms with van der Waals surface area (Å²) in [5.41, 5.74) is 0.982. The molecule has 10 heteroatoms. The summed E-state index contributed by atoms with van der Waals surface area (Å²) >= 11 is 13.5. The van der Waals surface area contributed by atoms with Crippen LogP contribution in [0.3, 0.4) is 0 Å². The molecule has 0 bridgehead atoms. The van der Waals surface area contributed by atoms with E-state index < -0.39 is 0 Å². The highest BCUT2D eigenvalue weighted by molar-refractivity contribution is 7.15. The number of hydrogen-bond donors (Lipinski definition) is 3. The van der Waals surface area contributed by atoms with Gasteiger partial charge in [-0.15, -0.1) is 10.2 Å². The minimum atomic E-state index is -0.244. The lowest BCUT2D eigenvalue weighted by Gasteiger charge is -2.31. The van der Waals surface area contributed by atoms with Crippen molar-refractivity contribution >= 4 is 45.6 Å². The number of aliphatic hydroxyl groups excluding tert-OH is 1. The van der Waals surface area contributed by atoms with Gasteiger partial charge >= 0.3 is 0 Å². The summed E-state index contributed by atoms with van der Waals surface area (Å²) in [5.74, 6) is -0.244. The van der Waals surface area contributed by atoms with Crippen LogP contribution in [0.15, 0.2) is 0 Å². The van der Waals surface area contributed by atoms with E-state index in [-0.39, 0.29) is 23.6 Å². The molecular weight excluding hydrogens is 373 g/mol. The predicted molar refractivity (Wildman–Crippen MR) is 94.1 cm³/mol. The number of rotatable bonds is 4. The number of amides is 1. The van der Waals surface area contributed by atoms with E-state index in [2.05, 4.69) is 25.4 Å². The highest BCUT2D eigenvalue weighted by atomic mass is 35.5. The molecule has 0 saturated carbocycles. The first-order chi connectivity index (χ1) is 11.5. The highest BCUT2D eigenvalue weighted by Gasteiger charge is 2.25. The molecule has 3 rings (SSSR count). The normalized spacial score (nSPS) is 15.8. The summed E-state index contributed by atoms with van der Waals surface area (Å²) in [7, 11) is 0. The smallest absolute Gasteiger partial charge is 0.269 e. The number of piperidine rings is 1. The Hall–Kier alpha value is -1.35. The quantitative estimate of drug-likeness (QED) is 0.745. The monoisotopic (exact) mass is 389 g/mol. The van der Waals surface area contributed by atoms with E-state index in [9.17, 15) is 4.79 Å². The fraction of sp³-hybridized carbons (Fsp3) is 0.500. The van der Waals surface area contributed by atoms with Crippen molar-refractivity contribution in [3.63, 3.8) is 0 Å². The number of H-pyrrole nitrogens is 1. The van der Waals surface area contributed by atoms with Gasteiger partial charge in [0, 0.05) is 24.8 Å². The third kappa shape index (κ3) is 3.51. The first kappa shape index (κ1) is 17.5. The van der Waals surface area contributed by atoms with Crippen LogP contribution in [0.1, 0.15) is 34.0 Å². The van der Waals surface area contributed by atoms with Crippen LogP contribution in [-0.4, -0.2) is 45.3 Å². The van der Waals surface area contributed by atoms with Crippen LogP contribution < -0.4 is 10.2 Å². The van der Waals surface area contributed by atoms with E-state index >= 15 is 0 Å². The fourth-order valence-corrected chi connectivity index (χ4v) is 3.80. The van der Waals surface area contributed by atoms with Gasteiger partial charge in [-0.25, -0.2) is 0 Å². The summed E-state index contributed by atoms with van der Waals surface area (Å²) < 4.78 is 0. The number of carbonyl (C=O) groups excluding carboxylic acids is 1. The molecule has 130 valence electrons. The number of halogens is 2. The molecule has 1 aliphatic heterocycles. The Balaban J connectivity index is 1.57. The molecule has 3 N–H and O–H groups in total. The van der Waals surface area contributed by atoms with E-state index in [1.165, 1.54) is 11.3 Å². The Morgan fingerprint density at radius 1 is 1.38 bits per heavy atom. The Bertz CT molecular complexity index is 740. The lowest BCUT2D eigenvalue weighted by molar-refractivity contribution is 0.0926. The van der Waals surface area contributed by atoms with Crippen LogP contribution in [0.4, 0.5) is 5.13 Å². The third-order valence-corrected chi connectivity index (χ3v) is 5.89. The van der Waals surface area contributed by atoms with Crippen LogP contribution in [0.2, 0.25) is 10.0 Å². The van der Waals surface area contributed by atoms with Gasteiger partial charge in [0.25, 0.3) is 5.91 Å². The molecule has 0 spiro atoms. The molecule has 2 aromatic rings. The zero-order valence-electron chi connectivity index (χ0n) is 13.0. The van der Waals surface area contributed by atoms with Gasteiger partial charge in [0.05, 0.1) is 16.7 Å². The van der Waals surface area contributed by atoms with Crippen molar-refractivity contribution in [3.8, 4) is 0 Å². The van der Waals surface area contributed by atoms with E-state index in [1.54, 1.807) is 6.92 Å². The zero-order chi connectivity index (χ0) is 17.3. The minimum absolute atomic E-state index is 0.0671. The predicted octanol–water partition coefficient (Wildman–Crippen LogP) is 2.37. The second-order valence-corrected chi connectivity index (χ2v) is 7.42. The van der Waals surface area contributed by atoms with Gasteiger partial charge in [-0.3, -0.25) is 4.79 Å². The number of aliphatic hydroxyl groups is 1. The fourth-order valence-electron chi connectivity index (χ4n) is 2.64. The average molecular weight is 390 g/mol. The number of carbonyl (C=O) groups is 1. The summed E-state index contributed by atoms with van der Waals surface area (Å²) in [6.07, 6.45) is 1.59. The first-order valence-corrected chi connectivity index (χ1v) is 9.09. The van der Waals surface area contributed by atoms with Crippen molar-refractivity contribution in [2.45, 2.75) is 32.4 Å². The first-order valence-electron chi connectivity index (χ1n) is 7.52. The lowest BCUT2D eigenvalue weighted by atomic mass is 10.1. The van der Waals surface area contributed by atoms with Crippen molar-refractivity contribution in [1.82, 2.24) is 20.5 Å². The number of nitrogens with zero attached hydrogens (tertiary/aromatic N) is 3. The lowest BCUT2D eigenvalue weighted by Crippen LogP contribution is -2.44. The zero-order valence-corrected chi connectivity index (χ0v) is 15.3. The number of nitrogens with one attached hydrogen (secondary N) is 2. The largest absolute Gasteiger partial charge is 0.389 e. The number of anilines is 1. The summed E-state index contributed by atoms with van der Waals surface area (Å²) in [6, 6.07) is 0.0671. The summed E-state index contributed by atoms with van der Waals surface area (Å²) in [6.45, 7) is 3.21. The molecule has 1 fully saturated rings. The van der Waals surface area contributed by atoms with Crippen LogP contribution in [-0.2, 0) is 6.61 Å². The SMILES string of the molecule is Cc1[nH]c(C(=O)NC2CCN(c3nnc(CO)s3)CC2)c(Cl)c1Cl. The third-order valence-electron chi connectivity index (χ3n) is 3.97. The molecule has 1 saturated heterocycles. The van der Waals surface area contributed by atoms with Gasteiger partial charge in [-0.05, 0) is 19.8 Å². The molecule has 1 aliphatic rings. The van der Waals surface area contributed by atoms with Crippen molar-refractivity contribution in [3.05, 3.63) is 26.4 Å². The molecule has 0 radical (unpaired) electrons. The minimum Gasteiger partial charge on any atom is -0.389 e. The molecule has 24 heavy (non-hydrogen) atoms. The van der Waals surface area contributed by atoms with Gasteiger partial charge in [-0.1, -0.05) is 34.5 Å². The van der Waals surface area contributed by atoms with Crippen molar-refractivity contribution in [1.29, 1.82) is 0 Å². The topological polar surface area (TPSA) is 94.1 Å². The number of aryl methyl sites for hydroxylation is 1. The summed E-state index contributed by atoms with van der Waals surface area (Å²) in [4.78, 5) is 17.4. The van der Waals surface area contributed by atoms with Crippen molar-refractivity contribution in [2.75, 3.05) is 18.0 Å². The highest BCUT2D eigenvalue weighted by Crippen LogP contribution is 2.29. The maximum atomic E-state index is 12.3. The molecule has 0 aromatic carbocycles. The molecule has 7 nitrogen and oxygen atoms in total. The molecular formula is C14H17Cl2N5O2S. The summed E-state index contributed by atoms with van der Waals surface area (Å²) in [5, 5.41) is 22.1. The number of aromatic amines is 1. The van der Waals surface area contributed by atoms with Crippen LogP contribution >= 0.6 is 34.5 Å². The van der Waals surface area contributed by atoms with Gasteiger partial charge in [-0.2, -0.15) is 0 Å². The molecule has 2 aromatic heterocycles. The van der Waals surface area contributed by atoms with Gasteiger partial charge in [0.1, 0.15) is 10.7 Å². The van der Waals surface area contributed by atoms with Crippen LogP contribution in [0.25, 0.3) is 0 Å². The van der Waals surface area contributed by atoms with E-state index in [0.717, 1.165) is 31.1 Å². The Labute approximate surface area is 153 Å².